The Balaban J connectivity index is 1.24. The molecule has 0 N–H and O–H groups in total. The molecule has 30 heavy (non-hydrogen) atoms. The molecule has 9 heteroatoms. The van der Waals surface area contributed by atoms with Gasteiger partial charge in [-0.05, 0) is 69.8 Å². The van der Waals surface area contributed by atoms with E-state index in [-0.39, 0.29) is 11.0 Å². The summed E-state index contributed by atoms with van der Waals surface area (Å²) in [5.74, 6) is -2.32. The fourth-order valence-corrected chi connectivity index (χ4v) is 5.85. The van der Waals surface area contributed by atoms with Crippen LogP contribution in [0, 0.1) is 0 Å². The minimum Gasteiger partial charge on any atom is -0.490 e. The third kappa shape index (κ3) is 5.12. The molecule has 1 aliphatic carbocycles. The lowest BCUT2D eigenvalue weighted by molar-refractivity contribution is -0.0945. The molecule has 0 radical (unpaired) electrons. The summed E-state index contributed by atoms with van der Waals surface area (Å²) < 4.78 is 63.8. The molecule has 2 heterocycles. The van der Waals surface area contributed by atoms with Gasteiger partial charge in [-0.3, -0.25) is 0 Å². The summed E-state index contributed by atoms with van der Waals surface area (Å²) in [5, 5.41) is 0. The first-order valence-electron chi connectivity index (χ1n) is 10.7. The van der Waals surface area contributed by atoms with E-state index in [1.165, 1.54) is 12.1 Å². The highest BCUT2D eigenvalue weighted by Crippen LogP contribution is 2.33. The van der Waals surface area contributed by atoms with Gasteiger partial charge in [-0.25, -0.2) is 17.2 Å². The quantitative estimate of drug-likeness (QED) is 0.675. The van der Waals surface area contributed by atoms with Crippen molar-refractivity contribution in [1.82, 2.24) is 9.21 Å². The molecule has 6 nitrogen and oxygen atoms in total. The predicted molar refractivity (Wildman–Crippen MR) is 108 cm³/mol. The number of alkyl halides is 2. The van der Waals surface area contributed by atoms with Crippen LogP contribution >= 0.6 is 0 Å². The second kappa shape index (κ2) is 8.68. The van der Waals surface area contributed by atoms with Crippen molar-refractivity contribution in [3.8, 4) is 5.75 Å². The summed E-state index contributed by atoms with van der Waals surface area (Å²) in [6.07, 6.45) is 6.66. The van der Waals surface area contributed by atoms with Gasteiger partial charge < -0.3 is 14.4 Å². The topological polar surface area (TPSA) is 59.1 Å². The molecule has 0 amide bonds. The molecule has 0 atom stereocenters. The van der Waals surface area contributed by atoms with Gasteiger partial charge in [-0.1, -0.05) is 0 Å². The van der Waals surface area contributed by atoms with Crippen LogP contribution in [0.15, 0.2) is 29.2 Å². The van der Waals surface area contributed by atoms with Crippen molar-refractivity contribution in [2.24, 2.45) is 0 Å². The number of hydrogen-bond donors (Lipinski definition) is 0. The minimum atomic E-state index is -3.87. The maximum Gasteiger partial charge on any atom is 0.275 e. The van der Waals surface area contributed by atoms with Gasteiger partial charge in [0, 0.05) is 13.1 Å². The summed E-state index contributed by atoms with van der Waals surface area (Å²) in [6, 6.07) is 6.06. The summed E-state index contributed by atoms with van der Waals surface area (Å²) in [4.78, 5) is 2.35. The third-order valence-corrected chi connectivity index (χ3v) is 8.06. The SMILES string of the molecule is CN1CCC(OC2CCC(Oc3ccc(S(=O)(=O)N4CC(F)(F)C4)cc3)CC2)CC1. The second-order valence-corrected chi connectivity index (χ2v) is 10.7. The molecule has 1 aromatic rings. The Morgan fingerprint density at radius 1 is 0.900 bits per heavy atom. The van der Waals surface area contributed by atoms with Crippen molar-refractivity contribution in [3.63, 3.8) is 0 Å². The zero-order chi connectivity index (χ0) is 21.4. The largest absolute Gasteiger partial charge is 0.490 e. The van der Waals surface area contributed by atoms with Crippen molar-refractivity contribution in [2.45, 2.75) is 67.7 Å². The monoisotopic (exact) mass is 444 g/mol. The maximum atomic E-state index is 13.0. The standard InChI is InChI=1S/C21H30F2N2O4S/c1-24-12-10-19(11-13-24)29-17-4-2-16(3-5-17)28-18-6-8-20(9-7-18)30(26,27)25-14-21(22,23)15-25/h6-9,16-17,19H,2-5,10-15H2,1H3. The van der Waals surface area contributed by atoms with Gasteiger partial charge >= 0.3 is 0 Å². The molecule has 4 rings (SSSR count). The molecular weight excluding hydrogens is 414 g/mol. The molecule has 168 valence electrons. The van der Waals surface area contributed by atoms with Crippen molar-refractivity contribution in [1.29, 1.82) is 0 Å². The van der Waals surface area contributed by atoms with Crippen LogP contribution in [0.5, 0.6) is 5.75 Å². The third-order valence-electron chi connectivity index (χ3n) is 6.25. The van der Waals surface area contributed by atoms with E-state index in [9.17, 15) is 17.2 Å². The fraction of sp³-hybridized carbons (Fsp3) is 0.714. The number of hydrogen-bond acceptors (Lipinski definition) is 5. The van der Waals surface area contributed by atoms with Crippen LogP contribution in [-0.2, 0) is 14.8 Å². The Kier molecular flexibility index (Phi) is 6.35. The lowest BCUT2D eigenvalue weighted by atomic mass is 9.94. The van der Waals surface area contributed by atoms with Crippen molar-refractivity contribution < 1.29 is 26.7 Å². The highest BCUT2D eigenvalue weighted by atomic mass is 32.2. The van der Waals surface area contributed by atoms with Crippen molar-refractivity contribution >= 4 is 10.0 Å². The second-order valence-electron chi connectivity index (χ2n) is 8.76. The molecule has 0 bridgehead atoms. The molecule has 2 aliphatic heterocycles. The Labute approximate surface area is 177 Å². The molecule has 0 spiro atoms. The predicted octanol–water partition coefficient (Wildman–Crippen LogP) is 3.13. The zero-order valence-corrected chi connectivity index (χ0v) is 18.1. The number of halogens is 2. The average molecular weight is 445 g/mol. The molecular formula is C21H30F2N2O4S. The molecule has 3 aliphatic rings. The molecule has 0 unspecified atom stereocenters. The lowest BCUT2D eigenvalue weighted by Crippen LogP contribution is -2.58. The Morgan fingerprint density at radius 2 is 1.43 bits per heavy atom. The van der Waals surface area contributed by atoms with Gasteiger partial charge in [0.05, 0.1) is 36.3 Å². The van der Waals surface area contributed by atoms with E-state index in [0.29, 0.717) is 18.0 Å². The summed E-state index contributed by atoms with van der Waals surface area (Å²) in [5.41, 5.74) is 0. The van der Waals surface area contributed by atoms with E-state index in [2.05, 4.69) is 11.9 Å². The highest BCUT2D eigenvalue weighted by molar-refractivity contribution is 7.89. The van der Waals surface area contributed by atoms with E-state index >= 15 is 0 Å². The molecule has 3 fully saturated rings. The fourth-order valence-electron chi connectivity index (χ4n) is 4.35. The minimum absolute atomic E-state index is 0.0144. The van der Waals surface area contributed by atoms with Crippen LogP contribution < -0.4 is 4.74 Å². The summed E-state index contributed by atoms with van der Waals surface area (Å²) >= 11 is 0. The summed E-state index contributed by atoms with van der Waals surface area (Å²) in [7, 11) is -1.73. The van der Waals surface area contributed by atoms with Crippen LogP contribution in [0.4, 0.5) is 8.78 Å². The number of likely N-dealkylation sites (tertiary alicyclic amines) is 1. The smallest absolute Gasteiger partial charge is 0.275 e. The van der Waals surface area contributed by atoms with Gasteiger partial charge in [-0.15, -0.1) is 0 Å². The number of piperidine rings is 1. The number of ether oxygens (including phenoxy) is 2. The van der Waals surface area contributed by atoms with Crippen LogP contribution in [-0.4, -0.2) is 75.1 Å². The van der Waals surface area contributed by atoms with Gasteiger partial charge in [-0.2, -0.15) is 4.31 Å². The maximum absolute atomic E-state index is 13.0. The first-order chi connectivity index (χ1) is 14.2. The van der Waals surface area contributed by atoms with Gasteiger partial charge in [0.15, 0.2) is 0 Å². The Bertz CT molecular complexity index is 810. The van der Waals surface area contributed by atoms with E-state index in [4.69, 9.17) is 9.47 Å². The van der Waals surface area contributed by atoms with E-state index < -0.39 is 29.0 Å². The normalized spacial score (nSPS) is 28.8. The molecule has 2 saturated heterocycles. The first kappa shape index (κ1) is 21.9. The molecule has 1 saturated carbocycles. The van der Waals surface area contributed by atoms with Crippen molar-refractivity contribution in [3.05, 3.63) is 24.3 Å². The highest BCUT2D eigenvalue weighted by Gasteiger charge is 2.49. The molecule has 1 aromatic carbocycles. The van der Waals surface area contributed by atoms with E-state index in [1.54, 1.807) is 12.1 Å². The number of sulfonamides is 1. The van der Waals surface area contributed by atoms with Gasteiger partial charge in [0.25, 0.3) is 5.92 Å². The van der Waals surface area contributed by atoms with Gasteiger partial charge in [0.1, 0.15) is 5.75 Å². The number of rotatable bonds is 6. The lowest BCUT2D eigenvalue weighted by Gasteiger charge is -2.37. The van der Waals surface area contributed by atoms with Crippen molar-refractivity contribution in [2.75, 3.05) is 33.2 Å². The summed E-state index contributed by atoms with van der Waals surface area (Å²) in [6.45, 7) is 0.678. The van der Waals surface area contributed by atoms with Crippen LogP contribution in [0.3, 0.4) is 0 Å². The zero-order valence-electron chi connectivity index (χ0n) is 17.3. The van der Waals surface area contributed by atoms with Crippen LogP contribution in [0.25, 0.3) is 0 Å². The van der Waals surface area contributed by atoms with Crippen LogP contribution in [0.1, 0.15) is 38.5 Å². The van der Waals surface area contributed by atoms with E-state index in [1.807, 2.05) is 0 Å². The Hall–Kier alpha value is -1.29. The Morgan fingerprint density at radius 3 is 2.00 bits per heavy atom. The van der Waals surface area contributed by atoms with Crippen LogP contribution in [0.2, 0.25) is 0 Å². The first-order valence-corrected chi connectivity index (χ1v) is 12.1. The average Bonchev–Trinajstić information content (AvgIpc) is 2.70. The van der Waals surface area contributed by atoms with Gasteiger partial charge in [0.2, 0.25) is 10.0 Å². The van der Waals surface area contributed by atoms with E-state index in [0.717, 1.165) is 55.9 Å². The molecule has 0 aromatic heterocycles. The number of nitrogens with zero attached hydrogens (tertiary/aromatic N) is 2. The number of benzene rings is 1.